The zero-order valence-electron chi connectivity index (χ0n) is 18.1. The first-order valence-corrected chi connectivity index (χ1v) is 10.6. The van der Waals surface area contributed by atoms with Gasteiger partial charge in [0.25, 0.3) is 5.91 Å². The van der Waals surface area contributed by atoms with Crippen LogP contribution in [0.2, 0.25) is 0 Å². The molecular weight excluding hydrogens is 404 g/mol. The molecule has 0 spiro atoms. The maximum absolute atomic E-state index is 12.5. The van der Waals surface area contributed by atoms with Gasteiger partial charge in [0.05, 0.1) is 29.8 Å². The van der Waals surface area contributed by atoms with Crippen molar-refractivity contribution in [3.63, 3.8) is 0 Å². The molecule has 1 aromatic carbocycles. The lowest BCUT2D eigenvalue weighted by Gasteiger charge is -2.16. The summed E-state index contributed by atoms with van der Waals surface area (Å²) in [4.78, 5) is 25.5. The third kappa shape index (κ3) is 4.97. The van der Waals surface area contributed by atoms with E-state index in [1.165, 1.54) is 18.6 Å². The fourth-order valence-electron chi connectivity index (χ4n) is 3.36. The van der Waals surface area contributed by atoms with E-state index in [1.54, 1.807) is 18.5 Å². The van der Waals surface area contributed by atoms with Crippen LogP contribution in [0.3, 0.4) is 0 Å². The molecule has 1 aliphatic carbocycles. The second-order valence-electron chi connectivity index (χ2n) is 7.84. The molecule has 1 unspecified atom stereocenters. The number of hydrogen-bond acceptors (Lipinski definition) is 7. The first-order chi connectivity index (χ1) is 15.6. The molecule has 1 atom stereocenters. The van der Waals surface area contributed by atoms with Crippen LogP contribution in [0.1, 0.15) is 40.2 Å². The van der Waals surface area contributed by atoms with Gasteiger partial charge in [0.15, 0.2) is 5.82 Å². The van der Waals surface area contributed by atoms with Crippen LogP contribution in [0, 0.1) is 12.3 Å². The molecular formula is C24H26N6O2. The lowest BCUT2D eigenvalue weighted by Crippen LogP contribution is -2.18. The normalized spacial score (nSPS) is 13.9. The Hall–Kier alpha value is -3.65. The largest absolute Gasteiger partial charge is 0.490 e. The number of nitrogens with zero attached hydrogens (tertiary/aromatic N) is 3. The molecule has 1 amide bonds. The number of aryl methyl sites for hydroxylation is 1. The molecule has 1 aliphatic rings. The van der Waals surface area contributed by atoms with Gasteiger partial charge in [-0.1, -0.05) is 6.07 Å². The Morgan fingerprint density at radius 3 is 2.75 bits per heavy atom. The van der Waals surface area contributed by atoms with Crippen molar-refractivity contribution < 1.29 is 9.53 Å². The van der Waals surface area contributed by atoms with E-state index in [0.29, 0.717) is 23.6 Å². The standard InChI is InChI=1S/C24H26N6O2/c1-15-7-8-27-12-20(15)24(31)30-23-14-28-21(13-29-23)19-9-16(17(10-25)11-26-2)3-6-22(19)32-18-4-5-18/h3,6-10,12-14,17-18,25-26H,4-5,11H2,1-2H3,(H,29,30,31). The summed E-state index contributed by atoms with van der Waals surface area (Å²) in [5.74, 6) is 0.776. The predicted octanol–water partition coefficient (Wildman–Crippen LogP) is 3.59. The van der Waals surface area contributed by atoms with Crippen molar-refractivity contribution in [1.29, 1.82) is 5.41 Å². The summed E-state index contributed by atoms with van der Waals surface area (Å²) in [7, 11) is 1.87. The van der Waals surface area contributed by atoms with Crippen molar-refractivity contribution in [3.05, 3.63) is 65.7 Å². The molecule has 0 saturated heterocycles. The van der Waals surface area contributed by atoms with E-state index in [0.717, 1.165) is 35.3 Å². The first kappa shape index (κ1) is 21.6. The average Bonchev–Trinajstić information content (AvgIpc) is 3.63. The molecule has 32 heavy (non-hydrogen) atoms. The summed E-state index contributed by atoms with van der Waals surface area (Å²) < 4.78 is 6.09. The number of rotatable bonds is 9. The van der Waals surface area contributed by atoms with Crippen LogP contribution in [-0.4, -0.2) is 46.8 Å². The van der Waals surface area contributed by atoms with Crippen LogP contribution < -0.4 is 15.4 Å². The highest BCUT2D eigenvalue weighted by Crippen LogP contribution is 2.36. The van der Waals surface area contributed by atoms with Gasteiger partial charge < -0.3 is 20.8 Å². The Labute approximate surface area is 187 Å². The number of nitrogens with one attached hydrogen (secondary N) is 3. The number of ether oxygens (including phenoxy) is 1. The van der Waals surface area contributed by atoms with Gasteiger partial charge in [0, 0.05) is 36.6 Å². The van der Waals surface area contributed by atoms with E-state index in [1.807, 2.05) is 32.2 Å². The summed E-state index contributed by atoms with van der Waals surface area (Å²) >= 11 is 0. The molecule has 0 radical (unpaired) electrons. The maximum atomic E-state index is 12.5. The number of aromatic nitrogens is 3. The second kappa shape index (κ2) is 9.65. The number of hydrogen-bond donors (Lipinski definition) is 3. The molecule has 1 fully saturated rings. The molecule has 2 heterocycles. The summed E-state index contributed by atoms with van der Waals surface area (Å²) in [6.45, 7) is 2.52. The quantitative estimate of drug-likeness (QED) is 0.447. The summed E-state index contributed by atoms with van der Waals surface area (Å²) in [5.41, 5.74) is 3.80. The fraction of sp³-hybridized carbons (Fsp3) is 0.292. The molecule has 8 nitrogen and oxygen atoms in total. The molecule has 2 aromatic heterocycles. The van der Waals surface area contributed by atoms with Gasteiger partial charge in [-0.15, -0.1) is 0 Å². The van der Waals surface area contributed by atoms with E-state index < -0.39 is 0 Å². The number of carbonyl (C=O) groups excluding carboxylic acids is 1. The van der Waals surface area contributed by atoms with Gasteiger partial charge in [-0.2, -0.15) is 0 Å². The molecule has 8 heteroatoms. The Morgan fingerprint density at radius 1 is 1.25 bits per heavy atom. The molecule has 0 bridgehead atoms. The van der Waals surface area contributed by atoms with E-state index in [2.05, 4.69) is 25.6 Å². The summed E-state index contributed by atoms with van der Waals surface area (Å²) in [5, 5.41) is 13.7. The summed E-state index contributed by atoms with van der Waals surface area (Å²) in [6.07, 6.45) is 10.1. The van der Waals surface area contributed by atoms with E-state index in [-0.39, 0.29) is 17.9 Å². The number of pyridine rings is 1. The van der Waals surface area contributed by atoms with Gasteiger partial charge in [-0.05, 0) is 56.1 Å². The van der Waals surface area contributed by atoms with Gasteiger partial charge in [-0.25, -0.2) is 4.98 Å². The van der Waals surface area contributed by atoms with Crippen LogP contribution in [0.4, 0.5) is 5.82 Å². The highest BCUT2D eigenvalue weighted by atomic mass is 16.5. The zero-order chi connectivity index (χ0) is 22.5. The number of likely N-dealkylation sites (N-methyl/N-ethyl adjacent to an activating group) is 1. The van der Waals surface area contributed by atoms with Crippen molar-refractivity contribution in [2.75, 3.05) is 18.9 Å². The van der Waals surface area contributed by atoms with Crippen LogP contribution >= 0.6 is 0 Å². The molecule has 3 N–H and O–H groups in total. The monoisotopic (exact) mass is 430 g/mol. The Balaban J connectivity index is 1.59. The van der Waals surface area contributed by atoms with Gasteiger partial charge in [0.2, 0.25) is 0 Å². The topological polar surface area (TPSA) is 113 Å². The van der Waals surface area contributed by atoms with Crippen LogP contribution in [0.15, 0.2) is 49.1 Å². The van der Waals surface area contributed by atoms with Crippen molar-refractivity contribution >= 4 is 17.9 Å². The Morgan fingerprint density at radius 2 is 2.09 bits per heavy atom. The Kier molecular flexibility index (Phi) is 6.51. The van der Waals surface area contributed by atoms with Crippen molar-refractivity contribution in [2.45, 2.75) is 31.8 Å². The molecule has 0 aliphatic heterocycles. The lowest BCUT2D eigenvalue weighted by molar-refractivity contribution is 0.102. The molecule has 3 aromatic rings. The Bertz CT molecular complexity index is 1110. The van der Waals surface area contributed by atoms with Gasteiger partial charge in [0.1, 0.15) is 5.75 Å². The van der Waals surface area contributed by atoms with Crippen LogP contribution in [0.25, 0.3) is 11.3 Å². The highest BCUT2D eigenvalue weighted by molar-refractivity contribution is 6.04. The van der Waals surface area contributed by atoms with Gasteiger partial charge >= 0.3 is 0 Å². The van der Waals surface area contributed by atoms with E-state index in [4.69, 9.17) is 10.1 Å². The van der Waals surface area contributed by atoms with Crippen molar-refractivity contribution in [2.24, 2.45) is 0 Å². The number of benzene rings is 1. The second-order valence-corrected chi connectivity index (χ2v) is 7.84. The minimum atomic E-state index is -0.279. The SMILES string of the molecule is CNCC(C=N)c1ccc(OC2CC2)c(-c2cnc(NC(=O)c3cnccc3C)cn2)c1. The smallest absolute Gasteiger partial charge is 0.258 e. The fourth-order valence-corrected chi connectivity index (χ4v) is 3.36. The van der Waals surface area contributed by atoms with Gasteiger partial charge in [-0.3, -0.25) is 14.8 Å². The third-order valence-corrected chi connectivity index (χ3v) is 5.33. The molecule has 1 saturated carbocycles. The predicted molar refractivity (Wildman–Crippen MR) is 123 cm³/mol. The highest BCUT2D eigenvalue weighted by Gasteiger charge is 2.25. The van der Waals surface area contributed by atoms with Crippen LogP contribution in [0.5, 0.6) is 5.75 Å². The molecule has 4 rings (SSSR count). The molecule has 164 valence electrons. The van der Waals surface area contributed by atoms with E-state index >= 15 is 0 Å². The number of amides is 1. The maximum Gasteiger partial charge on any atom is 0.258 e. The number of carbonyl (C=O) groups is 1. The average molecular weight is 431 g/mol. The number of anilines is 1. The van der Waals surface area contributed by atoms with Crippen molar-refractivity contribution in [1.82, 2.24) is 20.3 Å². The first-order valence-electron chi connectivity index (χ1n) is 10.6. The lowest BCUT2D eigenvalue weighted by atomic mass is 9.96. The van der Waals surface area contributed by atoms with Crippen LogP contribution in [-0.2, 0) is 0 Å². The summed E-state index contributed by atoms with van der Waals surface area (Å²) in [6, 6.07) is 7.73. The minimum absolute atomic E-state index is 0.0528. The third-order valence-electron chi connectivity index (χ3n) is 5.33. The minimum Gasteiger partial charge on any atom is -0.490 e. The van der Waals surface area contributed by atoms with Crippen molar-refractivity contribution in [3.8, 4) is 17.0 Å². The zero-order valence-corrected chi connectivity index (χ0v) is 18.1. The van der Waals surface area contributed by atoms with E-state index in [9.17, 15) is 4.79 Å².